The van der Waals surface area contributed by atoms with Crippen LogP contribution in [0, 0.1) is 0 Å². The van der Waals surface area contributed by atoms with Crippen LogP contribution in [-0.4, -0.2) is 30.8 Å². The third kappa shape index (κ3) is 3.78. The summed E-state index contributed by atoms with van der Waals surface area (Å²) in [7, 11) is 3.37. The van der Waals surface area contributed by atoms with Crippen LogP contribution in [0.25, 0.3) is 0 Å². The Morgan fingerprint density at radius 2 is 1.50 bits per heavy atom. The molecule has 0 radical (unpaired) electrons. The van der Waals surface area contributed by atoms with Gasteiger partial charge in [0.1, 0.15) is 0 Å². The van der Waals surface area contributed by atoms with Crippen LogP contribution >= 0.6 is 23.2 Å². The average molecular weight is 337 g/mol. The van der Waals surface area contributed by atoms with Crippen LogP contribution in [0.1, 0.15) is 20.7 Å². The first-order valence-electron chi connectivity index (χ1n) is 6.46. The van der Waals surface area contributed by atoms with E-state index in [4.69, 9.17) is 23.2 Å². The maximum absolute atomic E-state index is 12.1. The lowest BCUT2D eigenvalue weighted by Gasteiger charge is -2.11. The first-order valence-corrected chi connectivity index (χ1v) is 7.22. The Labute approximate surface area is 138 Å². The maximum Gasteiger partial charge on any atom is 0.255 e. The number of hydrogen-bond donors (Lipinski definition) is 1. The fraction of sp³-hybridized carbons (Fsp3) is 0.125. The summed E-state index contributed by atoms with van der Waals surface area (Å²) in [4.78, 5) is 25.4. The van der Waals surface area contributed by atoms with Gasteiger partial charge in [0.25, 0.3) is 11.8 Å². The molecule has 1 N–H and O–H groups in total. The molecule has 0 bridgehead atoms. The van der Waals surface area contributed by atoms with Crippen molar-refractivity contribution in [2.75, 3.05) is 19.4 Å². The number of halogens is 2. The van der Waals surface area contributed by atoms with Gasteiger partial charge in [0, 0.05) is 30.9 Å². The zero-order valence-corrected chi connectivity index (χ0v) is 13.6. The predicted octanol–water partition coefficient (Wildman–Crippen LogP) is 3.95. The van der Waals surface area contributed by atoms with Crippen LogP contribution in [0.5, 0.6) is 0 Å². The molecule has 0 aromatic heterocycles. The van der Waals surface area contributed by atoms with Crippen LogP contribution in [0.3, 0.4) is 0 Å². The monoisotopic (exact) mass is 336 g/mol. The van der Waals surface area contributed by atoms with Crippen molar-refractivity contribution in [1.82, 2.24) is 4.90 Å². The van der Waals surface area contributed by atoms with Crippen molar-refractivity contribution in [3.05, 3.63) is 63.6 Å². The van der Waals surface area contributed by atoms with Gasteiger partial charge in [-0.2, -0.15) is 0 Å². The first kappa shape index (κ1) is 16.3. The standard InChI is InChI=1S/C16H14Cl2N2O2/c1-20(2)16(22)10-3-6-12(7-4-10)19-15(21)11-5-8-13(17)14(18)9-11/h3-9H,1-2H3,(H,19,21). The van der Waals surface area contributed by atoms with E-state index in [0.717, 1.165) is 0 Å². The molecule has 4 nitrogen and oxygen atoms in total. The summed E-state index contributed by atoms with van der Waals surface area (Å²) in [5.74, 6) is -0.396. The van der Waals surface area contributed by atoms with Crippen LogP contribution < -0.4 is 5.32 Å². The quantitative estimate of drug-likeness (QED) is 0.922. The highest BCUT2D eigenvalue weighted by atomic mass is 35.5. The van der Waals surface area contributed by atoms with Crippen molar-refractivity contribution >= 4 is 40.7 Å². The molecule has 0 saturated heterocycles. The molecule has 0 unspecified atom stereocenters. The van der Waals surface area contributed by atoms with Crippen LogP contribution in [0.15, 0.2) is 42.5 Å². The second-order valence-corrected chi connectivity index (χ2v) is 5.67. The Morgan fingerprint density at radius 3 is 2.05 bits per heavy atom. The van der Waals surface area contributed by atoms with E-state index in [9.17, 15) is 9.59 Å². The number of anilines is 1. The van der Waals surface area contributed by atoms with Crippen molar-refractivity contribution in [3.8, 4) is 0 Å². The summed E-state index contributed by atoms with van der Waals surface area (Å²) in [6, 6.07) is 11.3. The van der Waals surface area contributed by atoms with Gasteiger partial charge < -0.3 is 10.2 Å². The van der Waals surface area contributed by atoms with Gasteiger partial charge in [0.15, 0.2) is 0 Å². The summed E-state index contributed by atoms with van der Waals surface area (Å²) in [5, 5.41) is 3.45. The van der Waals surface area contributed by atoms with Gasteiger partial charge in [-0.1, -0.05) is 23.2 Å². The van der Waals surface area contributed by atoms with Crippen LogP contribution in [0.2, 0.25) is 10.0 Å². The minimum atomic E-state index is -0.301. The fourth-order valence-electron chi connectivity index (χ4n) is 1.79. The third-order valence-electron chi connectivity index (χ3n) is 2.98. The molecule has 22 heavy (non-hydrogen) atoms. The minimum absolute atomic E-state index is 0.0950. The molecule has 0 aliphatic carbocycles. The molecule has 0 saturated carbocycles. The van der Waals surface area contributed by atoms with Crippen LogP contribution in [0.4, 0.5) is 5.69 Å². The lowest BCUT2D eigenvalue weighted by atomic mass is 10.1. The normalized spacial score (nSPS) is 10.2. The van der Waals surface area contributed by atoms with E-state index in [2.05, 4.69) is 5.32 Å². The summed E-state index contributed by atoms with van der Waals surface area (Å²) < 4.78 is 0. The highest BCUT2D eigenvalue weighted by Gasteiger charge is 2.10. The van der Waals surface area contributed by atoms with Crippen molar-refractivity contribution in [2.24, 2.45) is 0 Å². The molecule has 0 heterocycles. The van der Waals surface area contributed by atoms with Gasteiger partial charge >= 0.3 is 0 Å². The van der Waals surface area contributed by atoms with E-state index in [0.29, 0.717) is 26.9 Å². The Kier molecular flexibility index (Phi) is 5.06. The molecule has 114 valence electrons. The molecule has 2 aromatic carbocycles. The molecule has 2 amide bonds. The highest BCUT2D eigenvalue weighted by molar-refractivity contribution is 6.42. The smallest absolute Gasteiger partial charge is 0.255 e. The van der Waals surface area contributed by atoms with Gasteiger partial charge in [-0.3, -0.25) is 9.59 Å². The van der Waals surface area contributed by atoms with Gasteiger partial charge in [-0.15, -0.1) is 0 Å². The van der Waals surface area contributed by atoms with Crippen molar-refractivity contribution in [1.29, 1.82) is 0 Å². The molecule has 2 aromatic rings. The molecule has 2 rings (SSSR count). The third-order valence-corrected chi connectivity index (χ3v) is 3.72. The number of nitrogens with one attached hydrogen (secondary N) is 1. The fourth-order valence-corrected chi connectivity index (χ4v) is 2.09. The number of carbonyl (C=O) groups is 2. The average Bonchev–Trinajstić information content (AvgIpc) is 2.50. The Hall–Kier alpha value is -2.04. The molecular weight excluding hydrogens is 323 g/mol. The summed E-state index contributed by atoms with van der Waals surface area (Å²) in [5.41, 5.74) is 1.55. The van der Waals surface area contributed by atoms with E-state index >= 15 is 0 Å². The molecule has 0 atom stereocenters. The number of carbonyl (C=O) groups excluding carboxylic acids is 2. The Morgan fingerprint density at radius 1 is 0.909 bits per heavy atom. The van der Waals surface area contributed by atoms with E-state index in [1.54, 1.807) is 50.5 Å². The van der Waals surface area contributed by atoms with E-state index in [1.165, 1.54) is 11.0 Å². The SMILES string of the molecule is CN(C)C(=O)c1ccc(NC(=O)c2ccc(Cl)c(Cl)c2)cc1. The summed E-state index contributed by atoms with van der Waals surface area (Å²) >= 11 is 11.7. The lowest BCUT2D eigenvalue weighted by molar-refractivity contribution is 0.0827. The second-order valence-electron chi connectivity index (χ2n) is 4.86. The van der Waals surface area contributed by atoms with Crippen molar-refractivity contribution < 1.29 is 9.59 Å². The Bertz CT molecular complexity index is 713. The zero-order chi connectivity index (χ0) is 16.3. The van der Waals surface area contributed by atoms with E-state index < -0.39 is 0 Å². The topological polar surface area (TPSA) is 49.4 Å². The molecule has 0 spiro atoms. The second kappa shape index (κ2) is 6.81. The summed E-state index contributed by atoms with van der Waals surface area (Å²) in [6.45, 7) is 0. The highest BCUT2D eigenvalue weighted by Crippen LogP contribution is 2.23. The largest absolute Gasteiger partial charge is 0.345 e. The number of nitrogens with zero attached hydrogens (tertiary/aromatic N) is 1. The minimum Gasteiger partial charge on any atom is -0.345 e. The van der Waals surface area contributed by atoms with Crippen molar-refractivity contribution in [3.63, 3.8) is 0 Å². The predicted molar refractivity (Wildman–Crippen MR) is 88.9 cm³/mol. The molecular formula is C16H14Cl2N2O2. The molecule has 0 aliphatic rings. The number of amides is 2. The summed E-state index contributed by atoms with van der Waals surface area (Å²) in [6.07, 6.45) is 0. The Balaban J connectivity index is 2.11. The molecule has 6 heteroatoms. The number of benzene rings is 2. The van der Waals surface area contributed by atoms with E-state index in [-0.39, 0.29) is 11.8 Å². The number of hydrogen-bond acceptors (Lipinski definition) is 2. The van der Waals surface area contributed by atoms with Gasteiger partial charge in [-0.05, 0) is 42.5 Å². The zero-order valence-electron chi connectivity index (χ0n) is 12.1. The van der Waals surface area contributed by atoms with Crippen molar-refractivity contribution in [2.45, 2.75) is 0 Å². The lowest BCUT2D eigenvalue weighted by Crippen LogP contribution is -2.21. The van der Waals surface area contributed by atoms with Gasteiger partial charge in [-0.25, -0.2) is 0 Å². The molecule has 0 aliphatic heterocycles. The first-order chi connectivity index (χ1) is 10.4. The number of rotatable bonds is 3. The van der Waals surface area contributed by atoms with Gasteiger partial charge in [0.2, 0.25) is 0 Å². The van der Waals surface area contributed by atoms with Gasteiger partial charge in [0.05, 0.1) is 10.0 Å². The van der Waals surface area contributed by atoms with E-state index in [1.807, 2.05) is 0 Å². The van der Waals surface area contributed by atoms with Crippen LogP contribution in [-0.2, 0) is 0 Å². The molecule has 0 fully saturated rings. The maximum atomic E-state index is 12.1.